The van der Waals surface area contributed by atoms with E-state index in [-0.39, 0.29) is 61.5 Å². The first kappa shape index (κ1) is 22.6. The Bertz CT molecular complexity index is 880. The van der Waals surface area contributed by atoms with Crippen molar-refractivity contribution in [1.82, 2.24) is 0 Å². The van der Waals surface area contributed by atoms with Crippen LogP contribution >= 0.6 is 0 Å². The Kier molecular flexibility index (Phi) is 7.38. The SMILES string of the molecule is [CH2-]C(=O)c1c(C)c(C)c(C(C)C)c(C)c1C(=O)c1ccc(C)cc1O.[Y]. The average molecular weight is 426 g/mol. The van der Waals surface area contributed by atoms with Gasteiger partial charge in [-0.3, -0.25) is 4.79 Å². The molecule has 0 unspecified atom stereocenters. The predicted octanol–water partition coefficient (Wildman–Crippen LogP) is 4.99. The van der Waals surface area contributed by atoms with Crippen LogP contribution in [0.2, 0.25) is 0 Å². The van der Waals surface area contributed by atoms with E-state index in [1.807, 2.05) is 27.7 Å². The number of phenolic OH excluding ortho intramolecular Hbond substituents is 1. The number of hydrogen-bond donors (Lipinski definition) is 1. The second kappa shape index (κ2) is 8.50. The van der Waals surface area contributed by atoms with Crippen LogP contribution in [-0.2, 0) is 32.7 Å². The molecule has 26 heavy (non-hydrogen) atoms. The third-order valence-electron chi connectivity index (χ3n) is 4.85. The topological polar surface area (TPSA) is 54.4 Å². The third kappa shape index (κ3) is 3.94. The van der Waals surface area contributed by atoms with E-state index in [1.165, 1.54) is 0 Å². The van der Waals surface area contributed by atoms with E-state index in [2.05, 4.69) is 20.8 Å². The Hall–Kier alpha value is -1.45. The van der Waals surface area contributed by atoms with E-state index in [0.29, 0.717) is 11.1 Å². The van der Waals surface area contributed by atoms with Gasteiger partial charge < -0.3 is 9.90 Å². The maximum absolute atomic E-state index is 13.2. The van der Waals surface area contributed by atoms with Crippen LogP contribution in [0, 0.1) is 34.6 Å². The van der Waals surface area contributed by atoms with E-state index in [1.54, 1.807) is 18.2 Å². The van der Waals surface area contributed by atoms with Crippen molar-refractivity contribution in [2.45, 2.75) is 47.5 Å². The quantitative estimate of drug-likeness (QED) is 0.553. The molecule has 2 aromatic carbocycles. The van der Waals surface area contributed by atoms with Crippen molar-refractivity contribution in [3.63, 3.8) is 0 Å². The maximum Gasteiger partial charge on any atom is 0.180 e. The summed E-state index contributed by atoms with van der Waals surface area (Å²) in [6, 6.07) is 4.94. The van der Waals surface area contributed by atoms with Crippen LogP contribution in [0.15, 0.2) is 18.2 Å². The minimum absolute atomic E-state index is 0. The fourth-order valence-corrected chi connectivity index (χ4v) is 3.65. The Morgan fingerprint density at radius 1 is 0.962 bits per heavy atom. The summed E-state index contributed by atoms with van der Waals surface area (Å²) >= 11 is 0. The van der Waals surface area contributed by atoms with Crippen molar-refractivity contribution in [3.8, 4) is 5.75 Å². The summed E-state index contributed by atoms with van der Waals surface area (Å²) in [5.74, 6) is -0.581. The number of Topliss-reactive ketones (excluding diaryl/α,β-unsaturated/α-hetero) is 1. The van der Waals surface area contributed by atoms with Crippen molar-refractivity contribution < 1.29 is 47.4 Å². The molecule has 0 aliphatic heterocycles. The van der Waals surface area contributed by atoms with Gasteiger partial charge in [0.15, 0.2) is 5.78 Å². The van der Waals surface area contributed by atoms with Gasteiger partial charge in [0.05, 0.1) is 5.56 Å². The van der Waals surface area contributed by atoms with Crippen molar-refractivity contribution in [3.05, 3.63) is 69.6 Å². The third-order valence-corrected chi connectivity index (χ3v) is 4.85. The van der Waals surface area contributed by atoms with Crippen LogP contribution in [0.25, 0.3) is 0 Å². The zero-order valence-electron chi connectivity index (χ0n) is 16.4. The number of aromatic hydroxyl groups is 1. The molecule has 4 heteroatoms. The molecule has 2 aromatic rings. The molecule has 135 valence electrons. The molecule has 0 aliphatic rings. The summed E-state index contributed by atoms with van der Waals surface area (Å²) in [6.45, 7) is 15.2. The second-order valence-corrected chi connectivity index (χ2v) is 6.97. The zero-order chi connectivity index (χ0) is 19.0. The molecule has 0 aliphatic carbocycles. The fraction of sp³-hybridized carbons (Fsp3) is 0.318. The van der Waals surface area contributed by atoms with Crippen LogP contribution in [0.1, 0.15) is 73.9 Å². The molecule has 0 aromatic heterocycles. The van der Waals surface area contributed by atoms with Gasteiger partial charge in [-0.15, -0.1) is 11.1 Å². The number of ketones is 2. The van der Waals surface area contributed by atoms with Gasteiger partial charge in [-0.2, -0.15) is 6.92 Å². The maximum atomic E-state index is 13.2. The first-order chi connectivity index (χ1) is 11.6. The van der Waals surface area contributed by atoms with Gasteiger partial charge in [0.2, 0.25) is 0 Å². The van der Waals surface area contributed by atoms with Crippen LogP contribution < -0.4 is 0 Å². The number of carbonyl (C=O) groups excluding carboxylic acids is 2. The minimum Gasteiger partial charge on any atom is -0.507 e. The molecular weight excluding hydrogens is 401 g/mol. The summed E-state index contributed by atoms with van der Waals surface area (Å²) in [5.41, 5.74) is 5.42. The number of rotatable bonds is 4. The number of carbonyl (C=O) groups is 2. The van der Waals surface area contributed by atoms with Crippen LogP contribution in [0.5, 0.6) is 5.75 Å². The van der Waals surface area contributed by atoms with E-state index < -0.39 is 0 Å². The number of benzene rings is 2. The first-order valence-electron chi connectivity index (χ1n) is 8.42. The summed E-state index contributed by atoms with van der Waals surface area (Å²) in [7, 11) is 0. The van der Waals surface area contributed by atoms with E-state index in [4.69, 9.17) is 0 Å². The summed E-state index contributed by atoms with van der Waals surface area (Å²) in [5, 5.41) is 10.2. The molecule has 2 rings (SSSR count). The molecule has 0 saturated heterocycles. The monoisotopic (exact) mass is 426 g/mol. The van der Waals surface area contributed by atoms with Crippen molar-refractivity contribution >= 4 is 11.6 Å². The molecule has 3 nitrogen and oxygen atoms in total. The summed E-state index contributed by atoms with van der Waals surface area (Å²) in [6.07, 6.45) is 0. The molecule has 0 saturated carbocycles. The van der Waals surface area contributed by atoms with E-state index >= 15 is 0 Å². The molecule has 0 heterocycles. The smallest absolute Gasteiger partial charge is 0.180 e. The van der Waals surface area contributed by atoms with Crippen molar-refractivity contribution in [2.75, 3.05) is 0 Å². The van der Waals surface area contributed by atoms with E-state index in [9.17, 15) is 14.7 Å². The zero-order valence-corrected chi connectivity index (χ0v) is 19.2. The number of aryl methyl sites for hydroxylation is 1. The van der Waals surface area contributed by atoms with Gasteiger partial charge >= 0.3 is 0 Å². The van der Waals surface area contributed by atoms with Crippen molar-refractivity contribution in [1.29, 1.82) is 0 Å². The van der Waals surface area contributed by atoms with Gasteiger partial charge in [-0.25, -0.2) is 0 Å². The molecule has 0 fully saturated rings. The largest absolute Gasteiger partial charge is 0.507 e. The van der Waals surface area contributed by atoms with Crippen molar-refractivity contribution in [2.24, 2.45) is 0 Å². The number of hydrogen-bond acceptors (Lipinski definition) is 3. The number of phenols is 1. The van der Waals surface area contributed by atoms with Gasteiger partial charge in [0.1, 0.15) is 5.75 Å². The molecule has 1 N–H and O–H groups in total. The Morgan fingerprint density at radius 3 is 2.00 bits per heavy atom. The molecule has 0 bridgehead atoms. The molecule has 0 spiro atoms. The van der Waals surface area contributed by atoms with Crippen LogP contribution in [0.3, 0.4) is 0 Å². The molecular formula is C22H25O3Y-. The fourth-order valence-electron chi connectivity index (χ4n) is 3.65. The molecule has 1 radical (unpaired) electrons. The Labute approximate surface area is 181 Å². The Morgan fingerprint density at radius 2 is 1.54 bits per heavy atom. The molecule has 0 amide bonds. The van der Waals surface area contributed by atoms with Crippen LogP contribution in [-0.4, -0.2) is 16.7 Å². The average Bonchev–Trinajstić information content (AvgIpc) is 2.49. The second-order valence-electron chi connectivity index (χ2n) is 6.97. The normalized spacial score (nSPS) is 10.6. The standard InChI is InChI=1S/C22H25O3.Y/c1-11(2)19-13(4)14(5)20(16(7)23)21(15(19)6)22(25)17-9-8-12(3)10-18(17)24;/h8-11,24H,7H2,1-6H3;/q-1;. The van der Waals surface area contributed by atoms with Gasteiger partial charge in [0.25, 0.3) is 0 Å². The predicted molar refractivity (Wildman–Crippen MR) is 101 cm³/mol. The molecule has 0 atom stereocenters. The van der Waals surface area contributed by atoms with Gasteiger partial charge in [-0.1, -0.05) is 38.0 Å². The van der Waals surface area contributed by atoms with Gasteiger partial charge in [-0.05, 0) is 55.5 Å². The Balaban J connectivity index is 0.00000338. The first-order valence-corrected chi connectivity index (χ1v) is 8.42. The summed E-state index contributed by atoms with van der Waals surface area (Å²) < 4.78 is 0. The minimum atomic E-state index is -0.381. The van der Waals surface area contributed by atoms with Gasteiger partial charge in [0, 0.05) is 38.5 Å². The summed E-state index contributed by atoms with van der Waals surface area (Å²) in [4.78, 5) is 25.4. The van der Waals surface area contributed by atoms with Crippen LogP contribution in [0.4, 0.5) is 0 Å². The van der Waals surface area contributed by atoms with E-state index in [0.717, 1.165) is 27.8 Å².